The van der Waals surface area contributed by atoms with Gasteiger partial charge in [0.2, 0.25) is 0 Å². The van der Waals surface area contributed by atoms with Gasteiger partial charge in [-0.2, -0.15) is 5.10 Å². The highest BCUT2D eigenvalue weighted by molar-refractivity contribution is 5.36. The number of nitrogens with zero attached hydrogens (tertiary/aromatic N) is 1. The summed E-state index contributed by atoms with van der Waals surface area (Å²) >= 11 is 0. The van der Waals surface area contributed by atoms with E-state index in [9.17, 15) is 0 Å². The molecule has 0 aliphatic heterocycles. The van der Waals surface area contributed by atoms with Crippen molar-refractivity contribution in [1.29, 1.82) is 0 Å². The fourth-order valence-corrected chi connectivity index (χ4v) is 0.570. The summed E-state index contributed by atoms with van der Waals surface area (Å²) in [5.74, 6) is 0. The van der Waals surface area contributed by atoms with Crippen LogP contribution in [0.2, 0.25) is 0 Å². The molecule has 0 spiro atoms. The van der Waals surface area contributed by atoms with Crippen molar-refractivity contribution in [3.63, 3.8) is 0 Å². The maximum atomic E-state index is 8.36. The predicted octanol–water partition coefficient (Wildman–Crippen LogP) is 0.0147. The summed E-state index contributed by atoms with van der Waals surface area (Å²) in [7, 11) is 0. The number of hydrogen-bond acceptors (Lipinski definition) is 2. The van der Waals surface area contributed by atoms with E-state index in [0.29, 0.717) is 0 Å². The Balaban J connectivity index is 0.000000120. The topological polar surface area (TPSA) is 66.0 Å². The standard InChI is InChI=1S/C4H4N2.CH2O2/c1-3-2-5-6-4(1)3;2-1-3/h2H,1H2,(H,5,6);1H,(H,2,3). The molecule has 1 aliphatic rings. The summed E-state index contributed by atoms with van der Waals surface area (Å²) < 4.78 is 0. The summed E-state index contributed by atoms with van der Waals surface area (Å²) in [6.07, 6.45) is 3.07. The van der Waals surface area contributed by atoms with Crippen LogP contribution in [0.15, 0.2) is 6.20 Å². The van der Waals surface area contributed by atoms with Crippen molar-refractivity contribution < 1.29 is 9.90 Å². The van der Waals surface area contributed by atoms with Gasteiger partial charge in [-0.15, -0.1) is 0 Å². The molecule has 2 N–H and O–H groups in total. The molecular formula is C5H6N2O2. The second-order valence-electron chi connectivity index (χ2n) is 1.64. The van der Waals surface area contributed by atoms with Gasteiger partial charge in [-0.1, -0.05) is 0 Å². The molecule has 0 saturated heterocycles. The molecule has 0 bridgehead atoms. The average Bonchev–Trinajstić information content (AvgIpc) is 2.43. The van der Waals surface area contributed by atoms with Crippen molar-refractivity contribution in [2.75, 3.05) is 0 Å². The first kappa shape index (κ1) is 5.81. The Morgan fingerprint density at radius 2 is 2.56 bits per heavy atom. The molecule has 1 heterocycles. The molecule has 0 unspecified atom stereocenters. The largest absolute Gasteiger partial charge is 0.483 e. The lowest BCUT2D eigenvalue weighted by Crippen LogP contribution is -1.65. The zero-order valence-corrected chi connectivity index (χ0v) is 4.66. The normalized spacial score (nSPS) is 10.7. The summed E-state index contributed by atoms with van der Waals surface area (Å²) in [4.78, 5) is 8.36. The fraction of sp³-hybridized carbons (Fsp3) is 0.200. The number of H-pyrrole nitrogens is 1. The number of aromatic amines is 1. The Kier molecular flexibility index (Phi) is 1.48. The van der Waals surface area contributed by atoms with Gasteiger partial charge in [0.1, 0.15) is 0 Å². The molecule has 4 heteroatoms. The third kappa shape index (κ3) is 1.28. The highest BCUT2D eigenvalue weighted by Gasteiger charge is 2.17. The predicted molar refractivity (Wildman–Crippen MR) is 30.1 cm³/mol. The second-order valence-corrected chi connectivity index (χ2v) is 1.64. The zero-order valence-electron chi connectivity index (χ0n) is 4.66. The van der Waals surface area contributed by atoms with E-state index in [1.165, 1.54) is 11.3 Å². The summed E-state index contributed by atoms with van der Waals surface area (Å²) in [6, 6.07) is 0. The number of rotatable bonds is 0. The molecule has 0 atom stereocenters. The lowest BCUT2D eigenvalue weighted by molar-refractivity contribution is -0.122. The summed E-state index contributed by atoms with van der Waals surface area (Å²) in [5.41, 5.74) is 2.63. The van der Waals surface area contributed by atoms with Crippen LogP contribution in [0.1, 0.15) is 11.3 Å². The molecule has 48 valence electrons. The minimum absolute atomic E-state index is 0.250. The van der Waals surface area contributed by atoms with Crippen LogP contribution in [-0.2, 0) is 11.2 Å². The number of fused-ring (bicyclic) bond motifs is 1. The van der Waals surface area contributed by atoms with Crippen LogP contribution in [0.3, 0.4) is 0 Å². The van der Waals surface area contributed by atoms with Crippen LogP contribution >= 0.6 is 0 Å². The Bertz CT molecular complexity index is 190. The SMILES string of the molecule is O=CO.c1[nH]nc2c1C2. The van der Waals surface area contributed by atoms with Crippen LogP contribution in [0.5, 0.6) is 0 Å². The summed E-state index contributed by atoms with van der Waals surface area (Å²) in [6.45, 7) is -0.250. The molecule has 4 nitrogen and oxygen atoms in total. The molecule has 0 saturated carbocycles. The van der Waals surface area contributed by atoms with E-state index in [2.05, 4.69) is 10.2 Å². The number of aromatic nitrogens is 2. The van der Waals surface area contributed by atoms with E-state index in [1.807, 2.05) is 6.20 Å². The molecule has 0 radical (unpaired) electrons. The van der Waals surface area contributed by atoms with E-state index in [-0.39, 0.29) is 6.47 Å². The third-order valence-corrected chi connectivity index (χ3v) is 1.04. The maximum Gasteiger partial charge on any atom is 0.290 e. The first-order valence-electron chi connectivity index (χ1n) is 2.48. The molecule has 0 amide bonds. The summed E-state index contributed by atoms with van der Waals surface area (Å²) in [5, 5.41) is 13.5. The van der Waals surface area contributed by atoms with Gasteiger partial charge in [0.05, 0.1) is 5.69 Å². The highest BCUT2D eigenvalue weighted by atomic mass is 16.3. The van der Waals surface area contributed by atoms with Crippen LogP contribution in [0.4, 0.5) is 0 Å². The zero-order chi connectivity index (χ0) is 6.69. The second kappa shape index (κ2) is 2.30. The number of nitrogens with one attached hydrogen (secondary N) is 1. The minimum atomic E-state index is -0.250. The maximum absolute atomic E-state index is 8.36. The Labute approximate surface area is 51.5 Å². The molecule has 0 fully saturated rings. The Hall–Kier alpha value is -1.32. The molecule has 1 aromatic heterocycles. The van der Waals surface area contributed by atoms with E-state index >= 15 is 0 Å². The first-order chi connectivity index (χ1) is 4.38. The van der Waals surface area contributed by atoms with Crippen LogP contribution in [-0.4, -0.2) is 21.8 Å². The molecule has 9 heavy (non-hydrogen) atoms. The van der Waals surface area contributed by atoms with Crippen molar-refractivity contribution in [1.82, 2.24) is 10.2 Å². The van der Waals surface area contributed by atoms with Gasteiger partial charge < -0.3 is 5.11 Å². The van der Waals surface area contributed by atoms with Gasteiger partial charge in [-0.3, -0.25) is 9.89 Å². The Morgan fingerprint density at radius 1 is 1.89 bits per heavy atom. The molecular weight excluding hydrogens is 120 g/mol. The van der Waals surface area contributed by atoms with Crippen molar-refractivity contribution in [3.05, 3.63) is 17.5 Å². The monoisotopic (exact) mass is 126 g/mol. The number of carboxylic acid groups (broad SMARTS) is 1. The van der Waals surface area contributed by atoms with Gasteiger partial charge in [0.15, 0.2) is 0 Å². The van der Waals surface area contributed by atoms with Crippen LogP contribution in [0, 0.1) is 0 Å². The van der Waals surface area contributed by atoms with E-state index in [1.54, 1.807) is 0 Å². The van der Waals surface area contributed by atoms with Gasteiger partial charge in [0, 0.05) is 12.6 Å². The molecule has 2 rings (SSSR count). The van der Waals surface area contributed by atoms with Crippen molar-refractivity contribution in [2.24, 2.45) is 0 Å². The van der Waals surface area contributed by atoms with Gasteiger partial charge >= 0.3 is 0 Å². The number of carbonyl (C=O) groups is 1. The lowest BCUT2D eigenvalue weighted by atomic mass is 10.7. The number of hydrogen-bond donors (Lipinski definition) is 2. The first-order valence-corrected chi connectivity index (χ1v) is 2.48. The van der Waals surface area contributed by atoms with Gasteiger partial charge in [0.25, 0.3) is 6.47 Å². The fourth-order valence-electron chi connectivity index (χ4n) is 0.570. The molecule has 1 aliphatic carbocycles. The smallest absolute Gasteiger partial charge is 0.290 e. The van der Waals surface area contributed by atoms with Crippen LogP contribution in [0.25, 0.3) is 0 Å². The highest BCUT2D eigenvalue weighted by Crippen LogP contribution is 2.22. The quantitative estimate of drug-likeness (QED) is 0.489. The Morgan fingerprint density at radius 3 is 2.67 bits per heavy atom. The van der Waals surface area contributed by atoms with Crippen molar-refractivity contribution in [2.45, 2.75) is 6.42 Å². The van der Waals surface area contributed by atoms with Gasteiger partial charge in [-0.05, 0) is 5.56 Å². The van der Waals surface area contributed by atoms with Gasteiger partial charge in [-0.25, -0.2) is 0 Å². The van der Waals surface area contributed by atoms with E-state index in [4.69, 9.17) is 9.90 Å². The lowest BCUT2D eigenvalue weighted by Gasteiger charge is -1.62. The van der Waals surface area contributed by atoms with E-state index in [0.717, 1.165) is 6.42 Å². The van der Waals surface area contributed by atoms with Crippen molar-refractivity contribution >= 4 is 6.47 Å². The molecule has 0 aromatic carbocycles. The average molecular weight is 126 g/mol. The third-order valence-electron chi connectivity index (χ3n) is 1.04. The minimum Gasteiger partial charge on any atom is -0.483 e. The van der Waals surface area contributed by atoms with E-state index < -0.39 is 0 Å². The molecule has 1 aromatic rings. The van der Waals surface area contributed by atoms with Crippen LogP contribution < -0.4 is 0 Å². The van der Waals surface area contributed by atoms with Crippen molar-refractivity contribution in [3.8, 4) is 0 Å².